The SMILES string of the molecule is Cc1c(NC(=O)c2ccc(C(C)(C)C)cc2)cccc1-c1cn(C)c(=O)c(Nc2ccc(N3CCC4(CC3)C(=O)CCC4=O)cc2)n1. The van der Waals surface area contributed by atoms with Crippen molar-refractivity contribution in [3.63, 3.8) is 0 Å². The van der Waals surface area contributed by atoms with Gasteiger partial charge in [0.25, 0.3) is 11.5 Å². The Bertz CT molecular complexity index is 1890. The van der Waals surface area contributed by atoms with Crippen LogP contribution in [-0.4, -0.2) is 40.1 Å². The summed E-state index contributed by atoms with van der Waals surface area (Å²) in [5, 5.41) is 6.22. The standard InChI is InChI=1S/C38H41N5O4/c1-24-29(7-6-8-30(24)41-35(46)25-9-11-26(12-10-25)37(2,3)4)31-23-42(5)36(47)34(40-31)39-27-13-15-28(16-14-27)43-21-19-38(20-22-43)32(44)17-18-33(38)45/h6-16,23H,17-22H2,1-5H3,(H,39,40)(H,41,46). The van der Waals surface area contributed by atoms with Crippen LogP contribution in [0.2, 0.25) is 0 Å². The van der Waals surface area contributed by atoms with Crippen LogP contribution in [0.4, 0.5) is 22.9 Å². The maximum Gasteiger partial charge on any atom is 0.293 e. The molecule has 0 bridgehead atoms. The first-order valence-corrected chi connectivity index (χ1v) is 16.1. The highest BCUT2D eigenvalue weighted by molar-refractivity contribution is 6.13. The van der Waals surface area contributed by atoms with Gasteiger partial charge in [0.1, 0.15) is 11.6 Å². The van der Waals surface area contributed by atoms with Gasteiger partial charge in [-0.1, -0.05) is 45.0 Å². The molecule has 47 heavy (non-hydrogen) atoms. The van der Waals surface area contributed by atoms with Crippen molar-refractivity contribution in [2.24, 2.45) is 12.5 Å². The first-order valence-electron chi connectivity index (χ1n) is 16.1. The number of Topliss-reactive ketones (excluding diaryl/α,β-unsaturated/α-hetero) is 2. The van der Waals surface area contributed by atoms with E-state index in [-0.39, 0.29) is 34.3 Å². The summed E-state index contributed by atoms with van der Waals surface area (Å²) in [6.07, 6.45) is 3.57. The van der Waals surface area contributed by atoms with Gasteiger partial charge in [-0.3, -0.25) is 19.2 Å². The molecule has 0 unspecified atom stereocenters. The molecule has 242 valence electrons. The predicted molar refractivity (Wildman–Crippen MR) is 186 cm³/mol. The molecule has 2 N–H and O–H groups in total. The van der Waals surface area contributed by atoms with Gasteiger partial charge in [-0.25, -0.2) is 4.98 Å². The first-order chi connectivity index (χ1) is 22.4. The fourth-order valence-corrected chi connectivity index (χ4v) is 6.64. The summed E-state index contributed by atoms with van der Waals surface area (Å²) in [5.41, 5.74) is 5.28. The lowest BCUT2D eigenvalue weighted by Gasteiger charge is -2.38. The quantitative estimate of drug-likeness (QED) is 0.232. The third-order valence-electron chi connectivity index (χ3n) is 9.70. The number of carbonyl (C=O) groups excluding carboxylic acids is 3. The van der Waals surface area contributed by atoms with Gasteiger partial charge in [0.2, 0.25) is 0 Å². The van der Waals surface area contributed by atoms with Crippen molar-refractivity contribution in [1.82, 2.24) is 9.55 Å². The molecule has 1 amide bonds. The molecular formula is C38H41N5O4. The molecule has 1 aliphatic carbocycles. The zero-order chi connectivity index (χ0) is 33.5. The number of aryl methyl sites for hydroxylation is 1. The van der Waals surface area contributed by atoms with Crippen LogP contribution in [0.3, 0.4) is 0 Å². The Morgan fingerprint density at radius 2 is 1.51 bits per heavy atom. The summed E-state index contributed by atoms with van der Waals surface area (Å²) in [7, 11) is 1.69. The molecule has 1 spiro atoms. The second-order valence-electron chi connectivity index (χ2n) is 13.7. The maximum atomic E-state index is 13.1. The molecule has 9 heteroatoms. The van der Waals surface area contributed by atoms with E-state index in [0.717, 1.165) is 22.4 Å². The normalized spacial score (nSPS) is 16.1. The summed E-state index contributed by atoms with van der Waals surface area (Å²) >= 11 is 0. The van der Waals surface area contributed by atoms with Crippen LogP contribution < -0.4 is 21.1 Å². The highest BCUT2D eigenvalue weighted by Gasteiger charge is 2.50. The van der Waals surface area contributed by atoms with Gasteiger partial charge >= 0.3 is 0 Å². The number of piperidine rings is 1. The average molecular weight is 632 g/mol. The molecule has 2 fully saturated rings. The van der Waals surface area contributed by atoms with E-state index in [2.05, 4.69) is 36.3 Å². The van der Waals surface area contributed by atoms with Crippen LogP contribution in [0.1, 0.15) is 67.9 Å². The molecule has 0 radical (unpaired) electrons. The lowest BCUT2D eigenvalue weighted by atomic mass is 9.75. The van der Waals surface area contributed by atoms with E-state index in [9.17, 15) is 19.2 Å². The second-order valence-corrected chi connectivity index (χ2v) is 13.7. The fourth-order valence-electron chi connectivity index (χ4n) is 6.64. The number of aromatic nitrogens is 2. The average Bonchev–Trinajstić information content (AvgIpc) is 3.32. The fraction of sp³-hybridized carbons (Fsp3) is 0.342. The number of rotatable bonds is 6. The van der Waals surface area contributed by atoms with Crippen LogP contribution in [-0.2, 0) is 22.1 Å². The molecule has 1 saturated heterocycles. The molecule has 6 rings (SSSR count). The molecule has 2 heterocycles. The van der Waals surface area contributed by atoms with Gasteiger partial charge in [0.15, 0.2) is 5.82 Å². The number of nitrogens with zero attached hydrogens (tertiary/aromatic N) is 3. The van der Waals surface area contributed by atoms with Gasteiger partial charge in [0.05, 0.1) is 11.1 Å². The van der Waals surface area contributed by atoms with E-state index < -0.39 is 5.41 Å². The van der Waals surface area contributed by atoms with Crippen LogP contribution >= 0.6 is 0 Å². The number of benzene rings is 3. The Morgan fingerprint density at radius 1 is 0.872 bits per heavy atom. The smallest absolute Gasteiger partial charge is 0.293 e. The number of amides is 1. The topological polar surface area (TPSA) is 113 Å². The zero-order valence-electron chi connectivity index (χ0n) is 27.6. The minimum atomic E-state index is -0.767. The van der Waals surface area contributed by atoms with E-state index in [1.165, 1.54) is 4.57 Å². The van der Waals surface area contributed by atoms with Gasteiger partial charge in [-0.15, -0.1) is 0 Å². The summed E-state index contributed by atoms with van der Waals surface area (Å²) in [4.78, 5) is 58.0. The molecule has 1 aliphatic heterocycles. The Balaban J connectivity index is 1.17. The third-order valence-corrected chi connectivity index (χ3v) is 9.70. The zero-order valence-corrected chi connectivity index (χ0v) is 27.6. The van der Waals surface area contributed by atoms with Crippen molar-refractivity contribution >= 4 is 40.4 Å². The number of ketones is 2. The molecule has 1 saturated carbocycles. The Labute approximate surface area is 275 Å². The van der Waals surface area contributed by atoms with E-state index >= 15 is 0 Å². The van der Waals surface area contributed by atoms with Gasteiger partial charge in [-0.05, 0) is 78.8 Å². The summed E-state index contributed by atoms with van der Waals surface area (Å²) in [5.74, 6) is 0.191. The summed E-state index contributed by atoms with van der Waals surface area (Å²) < 4.78 is 1.50. The van der Waals surface area contributed by atoms with Crippen molar-refractivity contribution in [2.75, 3.05) is 28.6 Å². The Kier molecular flexibility index (Phi) is 8.34. The Morgan fingerprint density at radius 3 is 2.13 bits per heavy atom. The summed E-state index contributed by atoms with van der Waals surface area (Å²) in [6, 6.07) is 21.0. The monoisotopic (exact) mass is 631 g/mol. The first kappa shape index (κ1) is 31.9. The van der Waals surface area contributed by atoms with Crippen molar-refractivity contribution in [3.8, 4) is 11.3 Å². The maximum absolute atomic E-state index is 13.1. The number of carbonyl (C=O) groups is 3. The van der Waals surface area contributed by atoms with Gasteiger partial charge in [-0.2, -0.15) is 0 Å². The van der Waals surface area contributed by atoms with Crippen molar-refractivity contribution in [1.29, 1.82) is 0 Å². The highest BCUT2D eigenvalue weighted by Crippen LogP contribution is 2.42. The summed E-state index contributed by atoms with van der Waals surface area (Å²) in [6.45, 7) is 9.64. The van der Waals surface area contributed by atoms with E-state index in [4.69, 9.17) is 4.98 Å². The van der Waals surface area contributed by atoms with Crippen molar-refractivity contribution < 1.29 is 14.4 Å². The Hall–Kier alpha value is -5.05. The van der Waals surface area contributed by atoms with Crippen molar-refractivity contribution in [2.45, 2.75) is 58.8 Å². The largest absolute Gasteiger partial charge is 0.371 e. The van der Waals surface area contributed by atoms with Gasteiger partial charge < -0.3 is 20.1 Å². The molecule has 9 nitrogen and oxygen atoms in total. The molecule has 4 aromatic rings. The molecule has 2 aliphatic rings. The highest BCUT2D eigenvalue weighted by atomic mass is 16.2. The number of hydrogen-bond acceptors (Lipinski definition) is 7. The third kappa shape index (κ3) is 6.22. The van der Waals surface area contributed by atoms with Crippen LogP contribution in [0.25, 0.3) is 11.3 Å². The van der Waals surface area contributed by atoms with Crippen molar-refractivity contribution in [3.05, 3.63) is 100.0 Å². The molecule has 1 aromatic heterocycles. The second kappa shape index (κ2) is 12.3. The van der Waals surface area contributed by atoms with Crippen LogP contribution in [0, 0.1) is 12.3 Å². The molecular weight excluding hydrogens is 590 g/mol. The lowest BCUT2D eigenvalue weighted by molar-refractivity contribution is -0.136. The predicted octanol–water partition coefficient (Wildman–Crippen LogP) is 6.57. The van der Waals surface area contributed by atoms with Crippen LogP contribution in [0.5, 0.6) is 0 Å². The van der Waals surface area contributed by atoms with E-state index in [0.29, 0.717) is 61.4 Å². The molecule has 3 aromatic carbocycles. The van der Waals surface area contributed by atoms with Crippen LogP contribution in [0.15, 0.2) is 77.7 Å². The van der Waals surface area contributed by atoms with Gasteiger partial charge in [0, 0.05) is 67.4 Å². The number of hydrogen-bond donors (Lipinski definition) is 2. The van der Waals surface area contributed by atoms with E-state index in [1.54, 1.807) is 13.2 Å². The van der Waals surface area contributed by atoms with E-state index in [1.807, 2.05) is 73.7 Å². The number of nitrogens with one attached hydrogen (secondary N) is 2. The minimum absolute atomic E-state index is 0.00111. The molecule has 0 atom stereocenters. The lowest BCUT2D eigenvalue weighted by Crippen LogP contribution is -2.45. The minimum Gasteiger partial charge on any atom is -0.371 e. The number of anilines is 4.